The Kier molecular flexibility index (Phi) is 6.60. The molecule has 1 saturated heterocycles. The molecule has 2 aromatic rings. The average Bonchev–Trinajstić information content (AvgIpc) is 3.19. The van der Waals surface area contributed by atoms with Crippen molar-refractivity contribution in [1.29, 1.82) is 0 Å². The second-order valence-electron chi connectivity index (χ2n) is 6.29. The molecule has 1 aliphatic rings. The van der Waals surface area contributed by atoms with Gasteiger partial charge >= 0.3 is 5.97 Å². The van der Waals surface area contributed by atoms with E-state index in [0.29, 0.717) is 18.8 Å². The molecule has 4 nitrogen and oxygen atoms in total. The van der Waals surface area contributed by atoms with E-state index in [4.69, 9.17) is 9.47 Å². The van der Waals surface area contributed by atoms with Crippen LogP contribution in [0.3, 0.4) is 0 Å². The average molecular weight is 339 g/mol. The number of ether oxygens (including phenoxy) is 2. The Balaban J connectivity index is 1.56. The molecule has 25 heavy (non-hydrogen) atoms. The number of esters is 1. The van der Waals surface area contributed by atoms with Gasteiger partial charge in [-0.25, -0.2) is 4.79 Å². The van der Waals surface area contributed by atoms with Gasteiger partial charge in [0.15, 0.2) is 6.10 Å². The summed E-state index contributed by atoms with van der Waals surface area (Å²) in [4.78, 5) is 14.8. The van der Waals surface area contributed by atoms with Crippen molar-refractivity contribution in [1.82, 2.24) is 4.90 Å². The zero-order chi connectivity index (χ0) is 17.3. The highest BCUT2D eigenvalue weighted by atomic mass is 16.6. The fourth-order valence-corrected chi connectivity index (χ4v) is 3.03. The number of nitrogens with zero attached hydrogens (tertiary/aromatic N) is 1. The van der Waals surface area contributed by atoms with E-state index >= 15 is 0 Å². The molecule has 0 amide bonds. The molecule has 0 aliphatic carbocycles. The van der Waals surface area contributed by atoms with Gasteiger partial charge in [-0.15, -0.1) is 0 Å². The first-order valence-electron chi connectivity index (χ1n) is 8.94. The second kappa shape index (κ2) is 9.35. The monoisotopic (exact) mass is 339 g/mol. The third kappa shape index (κ3) is 5.41. The molecule has 0 aromatic heterocycles. The van der Waals surface area contributed by atoms with Gasteiger partial charge in [0, 0.05) is 6.54 Å². The van der Waals surface area contributed by atoms with Crippen LogP contribution in [0, 0.1) is 0 Å². The van der Waals surface area contributed by atoms with Gasteiger partial charge in [-0.1, -0.05) is 48.5 Å². The zero-order valence-electron chi connectivity index (χ0n) is 14.5. The van der Waals surface area contributed by atoms with Gasteiger partial charge in [-0.05, 0) is 43.6 Å². The summed E-state index contributed by atoms with van der Waals surface area (Å²) in [5.74, 6) is -0.322. The van der Waals surface area contributed by atoms with Gasteiger partial charge in [0.25, 0.3) is 0 Å². The van der Waals surface area contributed by atoms with Crippen LogP contribution in [0.2, 0.25) is 0 Å². The van der Waals surface area contributed by atoms with Crippen molar-refractivity contribution in [3.8, 4) is 0 Å². The summed E-state index contributed by atoms with van der Waals surface area (Å²) in [5, 5.41) is 0. The van der Waals surface area contributed by atoms with Crippen molar-refractivity contribution in [3.63, 3.8) is 0 Å². The number of benzene rings is 2. The Bertz CT molecular complexity index is 639. The smallest absolute Gasteiger partial charge is 0.338 e. The molecule has 0 N–H and O–H groups in total. The third-order valence-corrected chi connectivity index (χ3v) is 4.45. The maximum absolute atomic E-state index is 12.4. The van der Waals surface area contributed by atoms with Crippen molar-refractivity contribution >= 4 is 5.97 Å². The SMILES string of the molecule is O=C(OC(COCCN1CCCC1)c1ccccc1)c1ccccc1. The first-order valence-corrected chi connectivity index (χ1v) is 8.94. The van der Waals surface area contributed by atoms with Crippen LogP contribution in [0.1, 0.15) is 34.9 Å². The van der Waals surface area contributed by atoms with E-state index in [1.165, 1.54) is 12.8 Å². The maximum Gasteiger partial charge on any atom is 0.338 e. The molecule has 1 heterocycles. The van der Waals surface area contributed by atoms with Crippen LogP contribution in [0.5, 0.6) is 0 Å². The van der Waals surface area contributed by atoms with Crippen LogP contribution in [0.25, 0.3) is 0 Å². The normalized spacial score (nSPS) is 15.8. The van der Waals surface area contributed by atoms with Gasteiger partial charge in [0.2, 0.25) is 0 Å². The molecule has 4 heteroatoms. The van der Waals surface area contributed by atoms with E-state index < -0.39 is 6.10 Å². The number of hydrogen-bond acceptors (Lipinski definition) is 4. The van der Waals surface area contributed by atoms with Crippen LogP contribution in [-0.4, -0.2) is 43.7 Å². The molecule has 3 rings (SSSR count). The van der Waals surface area contributed by atoms with Crippen LogP contribution >= 0.6 is 0 Å². The third-order valence-electron chi connectivity index (χ3n) is 4.45. The van der Waals surface area contributed by atoms with Crippen molar-refractivity contribution < 1.29 is 14.3 Å². The van der Waals surface area contributed by atoms with Gasteiger partial charge in [0.1, 0.15) is 0 Å². The molecule has 132 valence electrons. The fraction of sp³-hybridized carbons (Fsp3) is 0.381. The minimum Gasteiger partial charge on any atom is -0.451 e. The van der Waals surface area contributed by atoms with E-state index in [2.05, 4.69) is 4.90 Å². The Morgan fingerprint density at radius 2 is 1.60 bits per heavy atom. The first kappa shape index (κ1) is 17.6. The highest BCUT2D eigenvalue weighted by molar-refractivity contribution is 5.89. The summed E-state index contributed by atoms with van der Waals surface area (Å²) in [6, 6.07) is 18.9. The second-order valence-corrected chi connectivity index (χ2v) is 6.29. The molecule has 2 aromatic carbocycles. The van der Waals surface area contributed by atoms with E-state index in [1.807, 2.05) is 48.5 Å². The molecule has 0 radical (unpaired) electrons. The molecule has 1 aliphatic heterocycles. The van der Waals surface area contributed by atoms with Gasteiger partial charge in [-0.2, -0.15) is 0 Å². The predicted molar refractivity (Wildman–Crippen MR) is 97.5 cm³/mol. The summed E-state index contributed by atoms with van der Waals surface area (Å²) in [5.41, 5.74) is 1.51. The summed E-state index contributed by atoms with van der Waals surface area (Å²) >= 11 is 0. The van der Waals surface area contributed by atoms with E-state index in [9.17, 15) is 4.79 Å². The zero-order valence-corrected chi connectivity index (χ0v) is 14.5. The minimum atomic E-state index is -0.396. The van der Waals surface area contributed by atoms with Crippen molar-refractivity contribution in [3.05, 3.63) is 71.8 Å². The Morgan fingerprint density at radius 3 is 2.28 bits per heavy atom. The first-order chi connectivity index (χ1) is 12.3. The molecule has 0 spiro atoms. The highest BCUT2D eigenvalue weighted by Crippen LogP contribution is 2.20. The van der Waals surface area contributed by atoms with Crippen molar-refractivity contribution in [2.45, 2.75) is 18.9 Å². The van der Waals surface area contributed by atoms with Gasteiger partial charge in [-0.3, -0.25) is 0 Å². The number of hydrogen-bond donors (Lipinski definition) is 0. The molecular formula is C21H25NO3. The van der Waals surface area contributed by atoms with E-state index in [1.54, 1.807) is 12.1 Å². The molecule has 1 unspecified atom stereocenters. The van der Waals surface area contributed by atoms with Crippen LogP contribution in [0.4, 0.5) is 0 Å². The Labute approximate surface area is 149 Å². The standard InChI is InChI=1S/C21H25NO3/c23-21(19-11-5-2-6-12-19)25-20(18-9-3-1-4-10-18)17-24-16-15-22-13-7-8-14-22/h1-6,9-12,20H,7-8,13-17H2. The topological polar surface area (TPSA) is 38.8 Å². The summed E-state index contributed by atoms with van der Waals surface area (Å²) in [6.07, 6.45) is 2.16. The molecule has 0 saturated carbocycles. The van der Waals surface area contributed by atoms with Crippen LogP contribution in [0.15, 0.2) is 60.7 Å². The molecule has 1 fully saturated rings. The lowest BCUT2D eigenvalue weighted by molar-refractivity contribution is -0.00800. The molecular weight excluding hydrogens is 314 g/mol. The number of likely N-dealkylation sites (tertiary alicyclic amines) is 1. The van der Waals surface area contributed by atoms with Crippen molar-refractivity contribution in [2.75, 3.05) is 32.8 Å². The highest BCUT2D eigenvalue weighted by Gasteiger charge is 2.18. The summed E-state index contributed by atoms with van der Waals surface area (Å²) in [7, 11) is 0. The fourth-order valence-electron chi connectivity index (χ4n) is 3.03. The molecule has 0 bridgehead atoms. The minimum absolute atomic E-state index is 0.322. The van der Waals surface area contributed by atoms with E-state index in [-0.39, 0.29) is 5.97 Å². The predicted octanol–water partition coefficient (Wildman–Crippen LogP) is 3.70. The summed E-state index contributed by atoms with van der Waals surface area (Å²) in [6.45, 7) is 4.29. The van der Waals surface area contributed by atoms with Gasteiger partial charge in [0.05, 0.1) is 18.8 Å². The van der Waals surface area contributed by atoms with Crippen molar-refractivity contribution in [2.24, 2.45) is 0 Å². The molecule has 1 atom stereocenters. The number of carbonyl (C=O) groups excluding carboxylic acids is 1. The number of rotatable bonds is 8. The summed E-state index contributed by atoms with van der Waals surface area (Å²) < 4.78 is 11.5. The number of carbonyl (C=O) groups is 1. The lowest BCUT2D eigenvalue weighted by Crippen LogP contribution is -2.25. The lowest BCUT2D eigenvalue weighted by Gasteiger charge is -2.20. The largest absolute Gasteiger partial charge is 0.451 e. The van der Waals surface area contributed by atoms with Crippen LogP contribution < -0.4 is 0 Å². The van der Waals surface area contributed by atoms with Crippen LogP contribution in [-0.2, 0) is 9.47 Å². The van der Waals surface area contributed by atoms with E-state index in [0.717, 1.165) is 25.2 Å². The Hall–Kier alpha value is -2.17. The Morgan fingerprint density at radius 1 is 0.960 bits per heavy atom. The maximum atomic E-state index is 12.4. The van der Waals surface area contributed by atoms with Gasteiger partial charge < -0.3 is 14.4 Å². The quantitative estimate of drug-likeness (QED) is 0.543. The lowest BCUT2D eigenvalue weighted by atomic mass is 10.1.